The quantitative estimate of drug-likeness (QED) is 0.578. The van der Waals surface area contributed by atoms with Gasteiger partial charge in [-0.25, -0.2) is 14.6 Å². The molecule has 3 heterocycles. The molecular formula is C20H27F3N6O2. The molecule has 11 heteroatoms. The Bertz CT molecular complexity index is 828. The average molecular weight is 440 g/mol. The second kappa shape index (κ2) is 8.80. The molecule has 0 radical (unpaired) electrons. The van der Waals surface area contributed by atoms with E-state index in [0.29, 0.717) is 18.7 Å². The van der Waals surface area contributed by atoms with Crippen LogP contribution in [-0.2, 0) is 12.7 Å². The van der Waals surface area contributed by atoms with E-state index in [0.717, 1.165) is 44.6 Å². The summed E-state index contributed by atoms with van der Waals surface area (Å²) >= 11 is 0. The molecule has 4 rings (SSSR count). The predicted molar refractivity (Wildman–Crippen MR) is 108 cm³/mol. The van der Waals surface area contributed by atoms with Gasteiger partial charge in [0.2, 0.25) is 0 Å². The predicted octanol–water partition coefficient (Wildman–Crippen LogP) is 2.49. The van der Waals surface area contributed by atoms with Gasteiger partial charge in [-0.2, -0.15) is 13.2 Å². The number of halogens is 3. The van der Waals surface area contributed by atoms with E-state index in [-0.39, 0.29) is 36.5 Å². The Morgan fingerprint density at radius 2 is 1.90 bits per heavy atom. The van der Waals surface area contributed by atoms with Crippen LogP contribution in [0.2, 0.25) is 0 Å². The summed E-state index contributed by atoms with van der Waals surface area (Å²) in [5.41, 5.74) is -0.388. The SMILES string of the molecule is O=C(NCc1ccc(C(F)(F)F)nc1N1CCCCC1)NC1CCCC2NC(=O)NC12. The number of nitrogens with zero attached hydrogens (tertiary/aromatic N) is 2. The molecule has 3 fully saturated rings. The van der Waals surface area contributed by atoms with Crippen molar-refractivity contribution < 1.29 is 22.8 Å². The Morgan fingerprint density at radius 3 is 2.65 bits per heavy atom. The molecule has 1 aromatic rings. The molecular weight excluding hydrogens is 413 g/mol. The molecule has 1 aromatic heterocycles. The summed E-state index contributed by atoms with van der Waals surface area (Å²) in [5.74, 6) is 0.278. The summed E-state index contributed by atoms with van der Waals surface area (Å²) in [4.78, 5) is 29.8. The van der Waals surface area contributed by atoms with Gasteiger partial charge in [-0.3, -0.25) is 0 Å². The second-order valence-electron chi connectivity index (χ2n) is 8.34. The number of piperidine rings is 1. The van der Waals surface area contributed by atoms with E-state index >= 15 is 0 Å². The van der Waals surface area contributed by atoms with Crippen LogP contribution >= 0.6 is 0 Å². The average Bonchev–Trinajstić information content (AvgIpc) is 3.13. The third-order valence-corrected chi connectivity index (χ3v) is 6.17. The Morgan fingerprint density at radius 1 is 1.13 bits per heavy atom. The zero-order valence-corrected chi connectivity index (χ0v) is 17.1. The van der Waals surface area contributed by atoms with Crippen LogP contribution in [0, 0.1) is 0 Å². The Balaban J connectivity index is 1.42. The number of hydrogen-bond acceptors (Lipinski definition) is 4. The number of hydrogen-bond donors (Lipinski definition) is 4. The highest BCUT2D eigenvalue weighted by molar-refractivity contribution is 5.78. The molecule has 3 aliphatic rings. The number of pyridine rings is 1. The minimum absolute atomic E-state index is 0.00336. The first kappa shape index (κ1) is 21.5. The lowest BCUT2D eigenvalue weighted by Gasteiger charge is -2.33. The maximum absolute atomic E-state index is 13.2. The smallest absolute Gasteiger partial charge is 0.356 e. The highest BCUT2D eigenvalue weighted by Crippen LogP contribution is 2.31. The molecule has 0 aromatic carbocycles. The molecule has 8 nitrogen and oxygen atoms in total. The van der Waals surface area contributed by atoms with Gasteiger partial charge in [0, 0.05) is 25.2 Å². The molecule has 3 atom stereocenters. The van der Waals surface area contributed by atoms with Gasteiger partial charge in [0.25, 0.3) is 0 Å². The number of amides is 4. The maximum atomic E-state index is 13.2. The van der Waals surface area contributed by atoms with Crippen LogP contribution in [0.3, 0.4) is 0 Å². The number of carbonyl (C=O) groups excluding carboxylic acids is 2. The van der Waals surface area contributed by atoms with Crippen molar-refractivity contribution in [1.29, 1.82) is 0 Å². The van der Waals surface area contributed by atoms with Crippen LogP contribution in [0.1, 0.15) is 49.8 Å². The molecule has 2 aliphatic heterocycles. The van der Waals surface area contributed by atoms with Crippen molar-refractivity contribution in [2.24, 2.45) is 0 Å². The van der Waals surface area contributed by atoms with Crippen molar-refractivity contribution in [3.8, 4) is 0 Å². The third-order valence-electron chi connectivity index (χ3n) is 6.17. The lowest BCUT2D eigenvalue weighted by Crippen LogP contribution is -2.56. The first-order valence-electron chi connectivity index (χ1n) is 10.7. The van der Waals surface area contributed by atoms with Crippen LogP contribution < -0.4 is 26.2 Å². The van der Waals surface area contributed by atoms with E-state index in [1.165, 1.54) is 6.07 Å². The summed E-state index contributed by atoms with van der Waals surface area (Å²) in [6, 6.07) is 1.32. The summed E-state index contributed by atoms with van der Waals surface area (Å²) in [5, 5.41) is 11.3. The van der Waals surface area contributed by atoms with Gasteiger partial charge < -0.3 is 26.2 Å². The van der Waals surface area contributed by atoms with Crippen LogP contribution in [0.15, 0.2) is 12.1 Å². The monoisotopic (exact) mass is 440 g/mol. The van der Waals surface area contributed by atoms with Gasteiger partial charge in [-0.15, -0.1) is 0 Å². The zero-order chi connectivity index (χ0) is 22.0. The zero-order valence-electron chi connectivity index (χ0n) is 17.1. The van der Waals surface area contributed by atoms with E-state index in [4.69, 9.17) is 0 Å². The molecule has 170 valence electrons. The number of aromatic nitrogens is 1. The number of alkyl halides is 3. The van der Waals surface area contributed by atoms with Gasteiger partial charge in [0.15, 0.2) is 0 Å². The van der Waals surface area contributed by atoms with E-state index in [1.54, 1.807) is 0 Å². The molecule has 1 saturated carbocycles. The number of rotatable bonds is 4. The van der Waals surface area contributed by atoms with E-state index in [2.05, 4.69) is 26.3 Å². The third kappa shape index (κ3) is 4.96. The number of urea groups is 2. The lowest BCUT2D eigenvalue weighted by atomic mass is 9.87. The Hall–Kier alpha value is -2.72. The van der Waals surface area contributed by atoms with Crippen molar-refractivity contribution in [2.45, 2.75) is 69.4 Å². The lowest BCUT2D eigenvalue weighted by molar-refractivity contribution is -0.141. The van der Waals surface area contributed by atoms with E-state index in [9.17, 15) is 22.8 Å². The summed E-state index contributed by atoms with van der Waals surface area (Å²) in [7, 11) is 0. The highest BCUT2D eigenvalue weighted by Gasteiger charge is 2.40. The fourth-order valence-corrected chi connectivity index (χ4v) is 4.63. The minimum Gasteiger partial charge on any atom is -0.356 e. The van der Waals surface area contributed by atoms with Crippen molar-refractivity contribution in [2.75, 3.05) is 18.0 Å². The van der Waals surface area contributed by atoms with E-state index in [1.807, 2.05) is 4.90 Å². The van der Waals surface area contributed by atoms with Crippen molar-refractivity contribution in [3.63, 3.8) is 0 Å². The Kier molecular flexibility index (Phi) is 6.10. The molecule has 31 heavy (non-hydrogen) atoms. The first-order chi connectivity index (χ1) is 14.8. The van der Waals surface area contributed by atoms with Gasteiger partial charge in [0.1, 0.15) is 11.5 Å². The van der Waals surface area contributed by atoms with E-state index < -0.39 is 17.9 Å². The van der Waals surface area contributed by atoms with Crippen LogP contribution in [0.25, 0.3) is 0 Å². The number of fused-ring (bicyclic) bond motifs is 1. The molecule has 4 amide bonds. The maximum Gasteiger partial charge on any atom is 0.433 e. The van der Waals surface area contributed by atoms with Gasteiger partial charge in [0.05, 0.1) is 18.1 Å². The number of anilines is 1. The fourth-order valence-electron chi connectivity index (χ4n) is 4.63. The summed E-state index contributed by atoms with van der Waals surface area (Å²) < 4.78 is 39.5. The molecule has 3 unspecified atom stereocenters. The standard InChI is InChI=1S/C20H27F3N6O2/c21-20(22,23)15-8-7-12(17(27-15)29-9-2-1-3-10-29)11-24-18(30)25-13-5-4-6-14-16(13)28-19(31)26-14/h7-8,13-14,16H,1-6,9-11H2,(H2,24,25,30)(H2,26,28,31). The molecule has 0 spiro atoms. The van der Waals surface area contributed by atoms with Gasteiger partial charge in [-0.05, 0) is 44.6 Å². The van der Waals surface area contributed by atoms with Crippen molar-refractivity contribution in [3.05, 3.63) is 23.4 Å². The largest absolute Gasteiger partial charge is 0.433 e. The fraction of sp³-hybridized carbons (Fsp3) is 0.650. The molecule has 4 N–H and O–H groups in total. The molecule has 2 saturated heterocycles. The Labute approximate surface area is 178 Å². The van der Waals surface area contributed by atoms with Crippen molar-refractivity contribution >= 4 is 17.9 Å². The topological polar surface area (TPSA) is 98.4 Å². The number of nitrogens with one attached hydrogen (secondary N) is 4. The van der Waals surface area contributed by atoms with Crippen LogP contribution in [0.5, 0.6) is 0 Å². The molecule has 1 aliphatic carbocycles. The minimum atomic E-state index is -4.52. The first-order valence-corrected chi connectivity index (χ1v) is 10.7. The van der Waals surface area contributed by atoms with Gasteiger partial charge in [-0.1, -0.05) is 6.07 Å². The van der Waals surface area contributed by atoms with Gasteiger partial charge >= 0.3 is 18.2 Å². The molecule has 0 bridgehead atoms. The van der Waals surface area contributed by atoms with Crippen molar-refractivity contribution in [1.82, 2.24) is 26.3 Å². The highest BCUT2D eigenvalue weighted by atomic mass is 19.4. The second-order valence-corrected chi connectivity index (χ2v) is 8.34. The normalized spacial score (nSPS) is 26.0. The summed E-state index contributed by atoms with van der Waals surface area (Å²) in [6.07, 6.45) is 0.809. The van der Waals surface area contributed by atoms with Crippen LogP contribution in [-0.4, -0.2) is 48.3 Å². The summed E-state index contributed by atoms with van der Waals surface area (Å²) in [6.45, 7) is 1.35. The van der Waals surface area contributed by atoms with Crippen LogP contribution in [0.4, 0.5) is 28.6 Å². The number of carbonyl (C=O) groups is 2.